The Morgan fingerprint density at radius 2 is 1.64 bits per heavy atom. The molecule has 0 spiro atoms. The summed E-state index contributed by atoms with van der Waals surface area (Å²) in [6.07, 6.45) is -0.532. The Balaban J connectivity index is -0.000000320. The minimum absolute atomic E-state index is 0. The summed E-state index contributed by atoms with van der Waals surface area (Å²) in [6.45, 7) is 0. The second-order valence-electron chi connectivity index (χ2n) is 1.54. The number of carboxylic acid groups (broad SMARTS) is 2. The van der Waals surface area contributed by atoms with Crippen LogP contribution < -0.4 is 5.73 Å². The average Bonchev–Trinajstić information content (AvgIpc) is 1.63. The summed E-state index contributed by atoms with van der Waals surface area (Å²) in [6, 6.07) is -1.29. The molecular weight excluding hydrogens is 158 g/mol. The van der Waals surface area contributed by atoms with E-state index >= 15 is 0 Å². The van der Waals surface area contributed by atoms with Crippen molar-refractivity contribution >= 4 is 11.9 Å². The number of aliphatic carboxylic acids is 2. The van der Waals surface area contributed by atoms with Crippen LogP contribution in [0.4, 0.5) is 0 Å². The fraction of sp³-hybridized carbons (Fsp3) is 0.500. The Labute approximate surface area is 62.0 Å². The first-order valence-corrected chi connectivity index (χ1v) is 2.24. The molecule has 0 fully saturated rings. The zero-order valence-corrected chi connectivity index (χ0v) is 5.57. The second kappa shape index (κ2) is 6.93. The molecule has 0 aliphatic heterocycles. The van der Waals surface area contributed by atoms with Gasteiger partial charge in [-0.15, -0.1) is 0 Å². The van der Waals surface area contributed by atoms with Gasteiger partial charge in [0.1, 0.15) is 6.04 Å². The molecule has 0 aliphatic carbocycles. The summed E-state index contributed by atoms with van der Waals surface area (Å²) in [4.78, 5) is 19.6. The third-order valence-electron chi connectivity index (χ3n) is 0.712. The second-order valence-corrected chi connectivity index (χ2v) is 1.54. The lowest BCUT2D eigenvalue weighted by atomic mass is 10.2. The number of nitrogens with two attached hydrogens (primary N) is 1. The normalized spacial score (nSPS) is 10.3. The smallest absolute Gasteiger partial charge is 0.321 e. The van der Waals surface area contributed by atoms with Crippen LogP contribution in [-0.4, -0.2) is 39.1 Å². The zero-order valence-electron chi connectivity index (χ0n) is 5.57. The molecule has 0 saturated heterocycles. The quantitative estimate of drug-likeness (QED) is 0.415. The highest BCUT2D eigenvalue weighted by Gasteiger charge is 2.14. The average molecular weight is 169 g/mol. The molecule has 0 saturated carbocycles. The van der Waals surface area contributed by atoms with Crippen LogP contribution in [0.1, 0.15) is 6.42 Å². The molecular formula is C4H11NO6. The molecule has 7 heteroatoms. The monoisotopic (exact) mass is 169 g/mol. The summed E-state index contributed by atoms with van der Waals surface area (Å²) in [5.74, 6) is -2.50. The highest BCUT2D eigenvalue weighted by Crippen LogP contribution is 1.86. The Bertz CT molecular complexity index is 135. The van der Waals surface area contributed by atoms with Crippen molar-refractivity contribution in [1.82, 2.24) is 0 Å². The largest absolute Gasteiger partial charge is 0.481 e. The van der Waals surface area contributed by atoms with E-state index in [9.17, 15) is 9.59 Å². The number of carboxylic acids is 2. The van der Waals surface area contributed by atoms with Crippen molar-refractivity contribution in [2.75, 3.05) is 0 Å². The first kappa shape index (κ1) is 16.4. The van der Waals surface area contributed by atoms with Crippen LogP contribution in [0.2, 0.25) is 0 Å². The van der Waals surface area contributed by atoms with Gasteiger partial charge in [0, 0.05) is 0 Å². The molecule has 68 valence electrons. The topological polar surface area (TPSA) is 164 Å². The highest BCUT2D eigenvalue weighted by atomic mass is 16.4. The van der Waals surface area contributed by atoms with Gasteiger partial charge < -0.3 is 26.9 Å². The maximum Gasteiger partial charge on any atom is 0.321 e. The van der Waals surface area contributed by atoms with Crippen LogP contribution in [0.5, 0.6) is 0 Å². The summed E-state index contributed by atoms with van der Waals surface area (Å²) in [5.41, 5.74) is 4.84. The van der Waals surface area contributed by atoms with Crippen molar-refractivity contribution in [3.05, 3.63) is 0 Å². The third kappa shape index (κ3) is 8.82. The van der Waals surface area contributed by atoms with E-state index in [0.29, 0.717) is 0 Å². The molecule has 11 heavy (non-hydrogen) atoms. The van der Waals surface area contributed by atoms with Gasteiger partial charge in [-0.2, -0.15) is 0 Å². The fourth-order valence-electron chi connectivity index (χ4n) is 0.275. The van der Waals surface area contributed by atoms with Gasteiger partial charge >= 0.3 is 11.9 Å². The fourth-order valence-corrected chi connectivity index (χ4v) is 0.275. The highest BCUT2D eigenvalue weighted by molar-refractivity contribution is 5.80. The molecule has 0 rings (SSSR count). The first-order chi connectivity index (χ1) is 4.04. The summed E-state index contributed by atoms with van der Waals surface area (Å²) in [5, 5.41) is 16.0. The molecule has 0 radical (unpaired) electrons. The number of rotatable bonds is 3. The summed E-state index contributed by atoms with van der Waals surface area (Å²) < 4.78 is 0. The standard InChI is InChI=1S/C4H7NO4.2H2O/c5-2(4(8)9)1-3(6)7;;/h2H,1,5H2,(H,6,7)(H,8,9);2*1H2. The lowest BCUT2D eigenvalue weighted by Gasteiger charge is -1.99. The predicted molar refractivity (Wildman–Crippen MR) is 35.1 cm³/mol. The maximum atomic E-state index is 9.85. The summed E-state index contributed by atoms with van der Waals surface area (Å²) >= 11 is 0. The number of hydrogen-bond donors (Lipinski definition) is 3. The molecule has 0 aromatic carbocycles. The van der Waals surface area contributed by atoms with Gasteiger partial charge in [0.05, 0.1) is 6.42 Å². The Morgan fingerprint density at radius 3 is 1.73 bits per heavy atom. The Morgan fingerprint density at radius 1 is 1.27 bits per heavy atom. The van der Waals surface area contributed by atoms with Gasteiger partial charge in [0.25, 0.3) is 0 Å². The van der Waals surface area contributed by atoms with Crippen molar-refractivity contribution in [2.24, 2.45) is 5.73 Å². The lowest BCUT2D eigenvalue weighted by molar-refractivity contribution is -0.144. The molecule has 1 atom stereocenters. The van der Waals surface area contributed by atoms with Crippen LogP contribution in [-0.2, 0) is 9.59 Å². The molecule has 1 unspecified atom stereocenters. The van der Waals surface area contributed by atoms with E-state index in [0.717, 1.165) is 0 Å². The minimum Gasteiger partial charge on any atom is -0.481 e. The summed E-state index contributed by atoms with van der Waals surface area (Å²) in [7, 11) is 0. The first-order valence-electron chi connectivity index (χ1n) is 2.24. The van der Waals surface area contributed by atoms with E-state index in [1.165, 1.54) is 0 Å². The van der Waals surface area contributed by atoms with Gasteiger partial charge in [0.2, 0.25) is 0 Å². The zero-order chi connectivity index (χ0) is 7.44. The van der Waals surface area contributed by atoms with E-state index in [4.69, 9.17) is 15.9 Å². The van der Waals surface area contributed by atoms with Crippen LogP contribution >= 0.6 is 0 Å². The van der Waals surface area contributed by atoms with E-state index < -0.39 is 24.4 Å². The van der Waals surface area contributed by atoms with Gasteiger partial charge in [-0.25, -0.2) is 0 Å². The van der Waals surface area contributed by atoms with Crippen LogP contribution in [0.3, 0.4) is 0 Å². The van der Waals surface area contributed by atoms with Gasteiger partial charge in [-0.3, -0.25) is 9.59 Å². The predicted octanol–water partition coefficient (Wildman–Crippen LogP) is -2.78. The van der Waals surface area contributed by atoms with E-state index in [-0.39, 0.29) is 11.0 Å². The van der Waals surface area contributed by atoms with E-state index in [1.54, 1.807) is 0 Å². The number of carbonyl (C=O) groups is 2. The molecule has 7 nitrogen and oxygen atoms in total. The van der Waals surface area contributed by atoms with Crippen molar-refractivity contribution in [3.63, 3.8) is 0 Å². The van der Waals surface area contributed by atoms with Crippen molar-refractivity contribution in [1.29, 1.82) is 0 Å². The van der Waals surface area contributed by atoms with Crippen molar-refractivity contribution in [2.45, 2.75) is 12.5 Å². The van der Waals surface area contributed by atoms with Crippen molar-refractivity contribution in [3.8, 4) is 0 Å². The molecule has 0 amide bonds. The SMILES string of the molecule is NC(CC(=O)O)C(=O)O.O.O. The molecule has 0 aliphatic rings. The molecule has 8 N–H and O–H groups in total. The van der Waals surface area contributed by atoms with Crippen LogP contribution in [0.15, 0.2) is 0 Å². The minimum atomic E-state index is -1.29. The Hall–Kier alpha value is -1.18. The van der Waals surface area contributed by atoms with Crippen LogP contribution in [0.25, 0.3) is 0 Å². The Kier molecular flexibility index (Phi) is 10.4. The van der Waals surface area contributed by atoms with E-state index in [1.807, 2.05) is 0 Å². The molecule has 0 aromatic heterocycles. The third-order valence-corrected chi connectivity index (χ3v) is 0.712. The maximum absolute atomic E-state index is 9.85. The van der Waals surface area contributed by atoms with Gasteiger partial charge in [-0.05, 0) is 0 Å². The number of hydrogen-bond acceptors (Lipinski definition) is 3. The van der Waals surface area contributed by atoms with Crippen molar-refractivity contribution < 1.29 is 30.8 Å². The van der Waals surface area contributed by atoms with E-state index in [2.05, 4.69) is 0 Å². The lowest BCUT2D eigenvalue weighted by Crippen LogP contribution is -2.32. The molecule has 0 bridgehead atoms. The van der Waals surface area contributed by atoms with Gasteiger partial charge in [0.15, 0.2) is 0 Å². The molecule has 0 aromatic rings. The van der Waals surface area contributed by atoms with Gasteiger partial charge in [-0.1, -0.05) is 0 Å². The molecule has 0 heterocycles. The van der Waals surface area contributed by atoms with Crippen LogP contribution in [0, 0.1) is 0 Å².